The highest BCUT2D eigenvalue weighted by Gasteiger charge is 2.31. The molecule has 42 heavy (non-hydrogen) atoms. The van der Waals surface area contributed by atoms with Gasteiger partial charge in [0.05, 0.1) is 22.5 Å². The molecule has 2 aliphatic rings. The van der Waals surface area contributed by atoms with Crippen LogP contribution in [-0.4, -0.2) is 99.4 Å². The first-order valence-electron chi connectivity index (χ1n) is 13.2. The van der Waals surface area contributed by atoms with Crippen LogP contribution in [0.5, 0.6) is 17.6 Å². The number of likely N-dealkylation sites (tertiary alicyclic amines) is 1. The van der Waals surface area contributed by atoms with Crippen molar-refractivity contribution in [2.75, 3.05) is 51.3 Å². The third-order valence-corrected chi connectivity index (χ3v) is 8.03. The summed E-state index contributed by atoms with van der Waals surface area (Å²) in [5, 5.41) is 7.39. The number of halogens is 4. The number of ether oxygens (including phenoxy) is 2. The van der Waals surface area contributed by atoms with Gasteiger partial charge in [0.15, 0.2) is 5.75 Å². The van der Waals surface area contributed by atoms with Gasteiger partial charge >= 0.3 is 6.01 Å². The first-order valence-corrected chi connectivity index (χ1v) is 14.0. The molecule has 6 rings (SSSR count). The Hall–Kier alpha value is -3.81. The van der Waals surface area contributed by atoms with Gasteiger partial charge in [0.2, 0.25) is 11.8 Å². The second-order valence-corrected chi connectivity index (χ2v) is 10.9. The summed E-state index contributed by atoms with van der Waals surface area (Å²) < 4.78 is 40.7. The van der Waals surface area contributed by atoms with Crippen molar-refractivity contribution in [1.82, 2.24) is 34.9 Å². The summed E-state index contributed by atoms with van der Waals surface area (Å²) in [4.78, 5) is 31.3. The molecule has 220 valence electrons. The summed E-state index contributed by atoms with van der Waals surface area (Å²) in [6.07, 6.45) is 2.14. The van der Waals surface area contributed by atoms with Gasteiger partial charge in [-0.2, -0.15) is 20.1 Å². The van der Waals surface area contributed by atoms with Crippen molar-refractivity contribution < 1.29 is 23.0 Å². The van der Waals surface area contributed by atoms with E-state index in [-0.39, 0.29) is 51.9 Å². The van der Waals surface area contributed by atoms with Crippen LogP contribution in [0.1, 0.15) is 6.42 Å². The number of likely N-dealkylation sites (N-methyl/N-ethyl adjacent to an activating group) is 1. The SMILES string of the molecule is C=CC(=O)N1CCN(c2nc(OC[C@@H]3C[C@H](F)CN3C)nc3c(Oc4c(Cl)c(F)cc5[nH]ncc45)nc(Cl)cc23)CC1. The molecule has 2 fully saturated rings. The van der Waals surface area contributed by atoms with E-state index in [4.69, 9.17) is 37.7 Å². The summed E-state index contributed by atoms with van der Waals surface area (Å²) in [5.41, 5.74) is 0.612. The Morgan fingerprint density at radius 2 is 1.98 bits per heavy atom. The lowest BCUT2D eigenvalue weighted by atomic mass is 10.2. The summed E-state index contributed by atoms with van der Waals surface area (Å²) in [5.74, 6) is -0.455. The van der Waals surface area contributed by atoms with Crippen molar-refractivity contribution >= 4 is 56.7 Å². The van der Waals surface area contributed by atoms with Gasteiger partial charge in [-0.25, -0.2) is 8.78 Å². The number of hydrogen-bond donors (Lipinski definition) is 1. The average Bonchev–Trinajstić information content (AvgIpc) is 3.58. The number of pyridine rings is 1. The second-order valence-electron chi connectivity index (χ2n) is 10.2. The zero-order chi connectivity index (χ0) is 29.5. The monoisotopic (exact) mass is 618 g/mol. The van der Waals surface area contributed by atoms with E-state index in [0.29, 0.717) is 61.3 Å². The molecule has 1 amide bonds. The Balaban J connectivity index is 1.42. The standard InChI is InChI=1S/C27H26Cl2F2N8O3/c1-3-21(40)38-4-6-39(7-5-38)25-16-9-20(28)33-26(42-24-17-11-32-36-19(17)10-18(31)22(24)29)23(16)34-27(35-25)41-13-15-8-14(30)12-37(15)2/h3,9-11,14-15H,1,4-8,12-13H2,2H3,(H,32,36)/t14-,15-/m0/s1. The summed E-state index contributed by atoms with van der Waals surface area (Å²) in [6, 6.07) is 2.68. The molecule has 1 aromatic carbocycles. The minimum Gasteiger partial charge on any atom is -0.462 e. The van der Waals surface area contributed by atoms with Crippen LogP contribution in [0.25, 0.3) is 21.8 Å². The van der Waals surface area contributed by atoms with Crippen molar-refractivity contribution in [3.63, 3.8) is 0 Å². The number of nitrogens with zero attached hydrogens (tertiary/aromatic N) is 7. The Morgan fingerprint density at radius 1 is 1.19 bits per heavy atom. The molecule has 0 aliphatic carbocycles. The van der Waals surface area contributed by atoms with Gasteiger partial charge in [-0.1, -0.05) is 29.8 Å². The maximum Gasteiger partial charge on any atom is 0.319 e. The van der Waals surface area contributed by atoms with Crippen LogP contribution in [0.4, 0.5) is 14.6 Å². The number of hydrogen-bond acceptors (Lipinski definition) is 9. The molecule has 4 aromatic rings. The lowest BCUT2D eigenvalue weighted by Gasteiger charge is -2.35. The van der Waals surface area contributed by atoms with E-state index in [1.165, 1.54) is 18.3 Å². The van der Waals surface area contributed by atoms with Crippen LogP contribution in [-0.2, 0) is 4.79 Å². The average molecular weight is 619 g/mol. The number of aromatic amines is 1. The van der Waals surface area contributed by atoms with Gasteiger partial charge in [0.25, 0.3) is 0 Å². The smallest absolute Gasteiger partial charge is 0.319 e. The summed E-state index contributed by atoms with van der Waals surface area (Å²) in [7, 11) is 1.83. The van der Waals surface area contributed by atoms with E-state index in [9.17, 15) is 13.6 Å². The number of alkyl halides is 1. The van der Waals surface area contributed by atoms with Gasteiger partial charge < -0.3 is 19.3 Å². The minimum atomic E-state index is -0.937. The van der Waals surface area contributed by atoms with E-state index >= 15 is 0 Å². The molecule has 0 radical (unpaired) electrons. The normalized spacial score (nSPS) is 19.5. The van der Waals surface area contributed by atoms with Crippen molar-refractivity contribution in [3.8, 4) is 17.6 Å². The van der Waals surface area contributed by atoms with Crippen LogP contribution >= 0.6 is 23.2 Å². The maximum atomic E-state index is 14.7. The number of carbonyl (C=O) groups excluding carboxylic acids is 1. The van der Waals surface area contributed by atoms with E-state index in [0.717, 1.165) is 0 Å². The Labute approximate surface area is 249 Å². The second kappa shape index (κ2) is 11.5. The third-order valence-electron chi connectivity index (χ3n) is 7.48. The number of rotatable bonds is 7. The number of H-pyrrole nitrogens is 1. The predicted molar refractivity (Wildman–Crippen MR) is 154 cm³/mol. The molecule has 2 aliphatic heterocycles. The minimum absolute atomic E-state index is 0.0165. The Kier molecular flexibility index (Phi) is 7.73. The highest BCUT2D eigenvalue weighted by Crippen LogP contribution is 2.41. The molecular formula is C27H26Cl2F2N8O3. The lowest BCUT2D eigenvalue weighted by molar-refractivity contribution is -0.126. The topological polar surface area (TPSA) is 113 Å². The van der Waals surface area contributed by atoms with E-state index in [2.05, 4.69) is 26.7 Å². The number of anilines is 1. The third kappa shape index (κ3) is 5.39. The van der Waals surface area contributed by atoms with Gasteiger partial charge in [-0.05, 0) is 25.6 Å². The van der Waals surface area contributed by atoms with E-state index in [1.54, 1.807) is 11.0 Å². The number of amides is 1. The maximum absolute atomic E-state index is 14.7. The first kappa shape index (κ1) is 28.3. The fourth-order valence-corrected chi connectivity index (χ4v) is 5.64. The molecule has 11 nitrogen and oxygen atoms in total. The molecule has 1 N–H and O–H groups in total. The Morgan fingerprint density at radius 3 is 2.69 bits per heavy atom. The number of benzene rings is 1. The van der Waals surface area contributed by atoms with Crippen molar-refractivity contribution in [2.24, 2.45) is 0 Å². The molecule has 0 bridgehead atoms. The van der Waals surface area contributed by atoms with E-state index in [1.807, 2.05) is 16.8 Å². The van der Waals surface area contributed by atoms with Gasteiger partial charge in [-0.15, -0.1) is 0 Å². The first-order chi connectivity index (χ1) is 20.2. The fourth-order valence-electron chi connectivity index (χ4n) is 5.26. The number of piperazine rings is 1. The van der Waals surface area contributed by atoms with Crippen molar-refractivity contribution in [3.05, 3.63) is 47.0 Å². The molecule has 2 atom stereocenters. The van der Waals surface area contributed by atoms with Crippen LogP contribution < -0.4 is 14.4 Å². The molecule has 0 unspecified atom stereocenters. The number of carbonyl (C=O) groups is 1. The van der Waals surface area contributed by atoms with Crippen molar-refractivity contribution in [2.45, 2.75) is 18.6 Å². The largest absolute Gasteiger partial charge is 0.462 e. The van der Waals surface area contributed by atoms with Gasteiger partial charge in [0.1, 0.15) is 40.1 Å². The molecule has 5 heterocycles. The van der Waals surface area contributed by atoms with E-state index < -0.39 is 12.0 Å². The molecular weight excluding hydrogens is 593 g/mol. The van der Waals surface area contributed by atoms with Crippen LogP contribution in [0, 0.1) is 5.82 Å². The summed E-state index contributed by atoms with van der Waals surface area (Å²) >= 11 is 12.8. The lowest BCUT2D eigenvalue weighted by Crippen LogP contribution is -2.48. The predicted octanol–water partition coefficient (Wildman–Crippen LogP) is 4.39. The fraction of sp³-hybridized carbons (Fsp3) is 0.370. The quantitative estimate of drug-likeness (QED) is 0.238. The van der Waals surface area contributed by atoms with Crippen molar-refractivity contribution in [1.29, 1.82) is 0 Å². The van der Waals surface area contributed by atoms with Crippen LogP contribution in [0.3, 0.4) is 0 Å². The molecule has 3 aromatic heterocycles. The molecule has 15 heteroatoms. The molecule has 0 spiro atoms. The Bertz CT molecular complexity index is 1680. The molecule has 2 saturated heterocycles. The van der Waals surface area contributed by atoms with Gasteiger partial charge in [-0.3, -0.25) is 14.8 Å². The highest BCUT2D eigenvalue weighted by atomic mass is 35.5. The zero-order valence-electron chi connectivity index (χ0n) is 22.5. The van der Waals surface area contributed by atoms with Crippen LogP contribution in [0.15, 0.2) is 31.0 Å². The summed E-state index contributed by atoms with van der Waals surface area (Å²) in [6.45, 7) is 5.85. The zero-order valence-corrected chi connectivity index (χ0v) is 24.0. The number of fused-ring (bicyclic) bond motifs is 2. The van der Waals surface area contributed by atoms with Crippen LogP contribution in [0.2, 0.25) is 10.2 Å². The molecule has 0 saturated carbocycles. The number of aromatic nitrogens is 5. The number of nitrogens with one attached hydrogen (secondary N) is 1. The highest BCUT2D eigenvalue weighted by molar-refractivity contribution is 6.33. The van der Waals surface area contributed by atoms with Gasteiger partial charge in [0, 0.05) is 44.8 Å².